The van der Waals surface area contributed by atoms with E-state index in [0.29, 0.717) is 19.4 Å². The molecule has 1 fully saturated rings. The van der Waals surface area contributed by atoms with Gasteiger partial charge in [-0.05, 0) is 32.2 Å². The number of rotatable bonds is 14. The Hall–Kier alpha value is -3.07. The number of hydrogen-bond donors (Lipinski definition) is 9. The largest absolute Gasteiger partial charge is 0.480 e. The van der Waals surface area contributed by atoms with Gasteiger partial charge in [0.2, 0.25) is 23.6 Å². The van der Waals surface area contributed by atoms with Gasteiger partial charge in [-0.25, -0.2) is 4.79 Å². The average molecular weight is 489 g/mol. The standard InChI is InChI=1S/C18H32N8O6S/c19-13(27)7-11(16(30)26-12(8-33)17(31)32)25-15(29)10(4-2-6-23-18(20)21)24-14(28)9-3-1-5-22-9/h9-12,22,33H,1-8H2,(H2,19,27)(H,24,28)(H,25,29)(H,26,30)(H,31,32)(H4,20,21,23). The van der Waals surface area contributed by atoms with E-state index >= 15 is 0 Å². The van der Waals surface area contributed by atoms with Crippen LogP contribution in [0.3, 0.4) is 0 Å². The van der Waals surface area contributed by atoms with Gasteiger partial charge in [-0.2, -0.15) is 12.6 Å². The number of hydrogen-bond acceptors (Lipinski definition) is 8. The van der Waals surface area contributed by atoms with Crippen molar-refractivity contribution in [2.24, 2.45) is 22.2 Å². The van der Waals surface area contributed by atoms with Crippen molar-refractivity contribution in [3.8, 4) is 0 Å². The molecule has 0 aromatic carbocycles. The van der Waals surface area contributed by atoms with Gasteiger partial charge in [-0.3, -0.25) is 24.2 Å². The highest BCUT2D eigenvalue weighted by Crippen LogP contribution is 2.07. The van der Waals surface area contributed by atoms with Gasteiger partial charge in [0.1, 0.15) is 18.1 Å². The normalized spacial score (nSPS) is 17.8. The summed E-state index contributed by atoms with van der Waals surface area (Å²) in [5.74, 6) is -4.61. The molecular formula is C18H32N8O6S. The van der Waals surface area contributed by atoms with Crippen LogP contribution in [0.15, 0.2) is 4.99 Å². The van der Waals surface area contributed by atoms with E-state index in [1.807, 2.05) is 0 Å². The lowest BCUT2D eigenvalue weighted by Gasteiger charge is -2.24. The van der Waals surface area contributed by atoms with Crippen LogP contribution in [0.1, 0.15) is 32.1 Å². The van der Waals surface area contributed by atoms with Gasteiger partial charge in [-0.15, -0.1) is 0 Å². The molecule has 0 aliphatic carbocycles. The zero-order valence-corrected chi connectivity index (χ0v) is 19.0. The van der Waals surface area contributed by atoms with Crippen LogP contribution < -0.4 is 38.5 Å². The highest BCUT2D eigenvalue weighted by atomic mass is 32.1. The summed E-state index contributed by atoms with van der Waals surface area (Å²) >= 11 is 3.86. The zero-order valence-electron chi connectivity index (χ0n) is 18.1. The molecule has 0 spiro atoms. The summed E-state index contributed by atoms with van der Waals surface area (Å²) < 4.78 is 0. The van der Waals surface area contributed by atoms with Crippen molar-refractivity contribution in [3.05, 3.63) is 0 Å². The second-order valence-corrected chi connectivity index (χ2v) is 7.84. The van der Waals surface area contributed by atoms with Gasteiger partial charge in [-0.1, -0.05) is 0 Å². The molecule has 1 heterocycles. The first-order valence-electron chi connectivity index (χ1n) is 10.4. The van der Waals surface area contributed by atoms with Crippen molar-refractivity contribution in [3.63, 3.8) is 0 Å². The topological polar surface area (TPSA) is 244 Å². The summed E-state index contributed by atoms with van der Waals surface area (Å²) in [6.07, 6.45) is 1.33. The number of carbonyl (C=O) groups excluding carboxylic acids is 4. The summed E-state index contributed by atoms with van der Waals surface area (Å²) in [5.41, 5.74) is 15.7. The molecule has 0 aromatic heterocycles. The predicted octanol–water partition coefficient (Wildman–Crippen LogP) is -3.86. The Morgan fingerprint density at radius 2 is 1.67 bits per heavy atom. The molecule has 0 radical (unpaired) electrons. The lowest BCUT2D eigenvalue weighted by atomic mass is 10.1. The Kier molecular flexibility index (Phi) is 12.0. The summed E-state index contributed by atoms with van der Waals surface area (Å²) in [6, 6.07) is -4.29. The van der Waals surface area contributed by atoms with Gasteiger partial charge in [0.15, 0.2) is 5.96 Å². The molecule has 0 aromatic rings. The van der Waals surface area contributed by atoms with Gasteiger partial charge in [0, 0.05) is 12.3 Å². The lowest BCUT2D eigenvalue weighted by molar-refractivity contribution is -0.141. The molecule has 14 nitrogen and oxygen atoms in total. The molecular weight excluding hydrogens is 456 g/mol. The molecule has 4 atom stereocenters. The first-order chi connectivity index (χ1) is 15.5. The minimum Gasteiger partial charge on any atom is -0.480 e. The van der Waals surface area contributed by atoms with E-state index in [0.717, 1.165) is 6.42 Å². The van der Waals surface area contributed by atoms with Gasteiger partial charge in [0.05, 0.1) is 12.5 Å². The smallest absolute Gasteiger partial charge is 0.327 e. The molecule has 1 saturated heterocycles. The Labute approximate surface area is 196 Å². The summed E-state index contributed by atoms with van der Waals surface area (Å²) in [6.45, 7) is 0.882. The molecule has 1 rings (SSSR count). The number of amides is 4. The van der Waals surface area contributed by atoms with E-state index in [2.05, 4.69) is 38.9 Å². The van der Waals surface area contributed by atoms with Crippen LogP contribution in [-0.2, 0) is 24.0 Å². The number of nitrogens with two attached hydrogens (primary N) is 3. The second-order valence-electron chi connectivity index (χ2n) is 7.47. The lowest BCUT2D eigenvalue weighted by Crippen LogP contribution is -2.57. The highest BCUT2D eigenvalue weighted by Gasteiger charge is 2.31. The van der Waals surface area contributed by atoms with E-state index in [-0.39, 0.29) is 30.6 Å². The number of carboxylic acids is 1. The number of guanidine groups is 1. The molecule has 15 heteroatoms. The molecule has 11 N–H and O–H groups in total. The van der Waals surface area contributed by atoms with Gasteiger partial charge < -0.3 is 43.6 Å². The maximum atomic E-state index is 12.9. The maximum Gasteiger partial charge on any atom is 0.327 e. The van der Waals surface area contributed by atoms with Crippen LogP contribution >= 0.6 is 12.6 Å². The summed E-state index contributed by atoms with van der Waals surface area (Å²) in [4.78, 5) is 64.3. The third-order valence-corrected chi connectivity index (χ3v) is 5.16. The third kappa shape index (κ3) is 10.4. The zero-order chi connectivity index (χ0) is 25.0. The fourth-order valence-electron chi connectivity index (χ4n) is 3.09. The van der Waals surface area contributed by atoms with E-state index < -0.39 is 54.3 Å². The van der Waals surface area contributed by atoms with Crippen LogP contribution in [0.4, 0.5) is 0 Å². The van der Waals surface area contributed by atoms with Crippen molar-refractivity contribution in [1.82, 2.24) is 21.3 Å². The Bertz CT molecular complexity index is 754. The number of aliphatic imine (C=N–C) groups is 1. The van der Waals surface area contributed by atoms with Crippen molar-refractivity contribution < 1.29 is 29.1 Å². The molecule has 1 aliphatic rings. The SMILES string of the molecule is NC(=O)CC(NC(=O)C(CCCN=C(N)N)NC(=O)C1CCCN1)C(=O)NC(CS)C(=O)O. The van der Waals surface area contributed by atoms with Crippen molar-refractivity contribution in [1.29, 1.82) is 0 Å². The number of nitrogens with one attached hydrogen (secondary N) is 4. The van der Waals surface area contributed by atoms with Crippen LogP contribution in [0, 0.1) is 0 Å². The molecule has 186 valence electrons. The summed E-state index contributed by atoms with van der Waals surface area (Å²) in [7, 11) is 0. The summed E-state index contributed by atoms with van der Waals surface area (Å²) in [5, 5.41) is 19.3. The number of nitrogens with zero attached hydrogens (tertiary/aromatic N) is 1. The first-order valence-corrected chi connectivity index (χ1v) is 11.0. The second kappa shape index (κ2) is 14.2. The average Bonchev–Trinajstić information content (AvgIpc) is 3.27. The van der Waals surface area contributed by atoms with Crippen LogP contribution in [0.5, 0.6) is 0 Å². The van der Waals surface area contributed by atoms with E-state index in [1.165, 1.54) is 0 Å². The fraction of sp³-hybridized carbons (Fsp3) is 0.667. The molecule has 4 unspecified atom stereocenters. The van der Waals surface area contributed by atoms with Gasteiger partial charge in [0.25, 0.3) is 0 Å². The third-order valence-electron chi connectivity index (χ3n) is 4.79. The van der Waals surface area contributed by atoms with Crippen molar-refractivity contribution >= 4 is 48.2 Å². The number of carbonyl (C=O) groups is 5. The number of carboxylic acid groups (broad SMARTS) is 1. The monoisotopic (exact) mass is 488 g/mol. The number of aliphatic carboxylic acids is 1. The van der Waals surface area contributed by atoms with Crippen LogP contribution in [0.2, 0.25) is 0 Å². The minimum atomic E-state index is -1.45. The Balaban J connectivity index is 2.92. The Morgan fingerprint density at radius 3 is 2.18 bits per heavy atom. The minimum absolute atomic E-state index is 0.120. The molecule has 4 amide bonds. The fourth-order valence-corrected chi connectivity index (χ4v) is 3.34. The van der Waals surface area contributed by atoms with E-state index in [9.17, 15) is 24.0 Å². The van der Waals surface area contributed by atoms with Gasteiger partial charge >= 0.3 is 5.97 Å². The number of thiol groups is 1. The molecule has 1 aliphatic heterocycles. The van der Waals surface area contributed by atoms with Crippen LogP contribution in [-0.4, -0.2) is 83.7 Å². The molecule has 33 heavy (non-hydrogen) atoms. The molecule has 0 bridgehead atoms. The number of primary amides is 1. The highest BCUT2D eigenvalue weighted by molar-refractivity contribution is 7.80. The predicted molar refractivity (Wildman–Crippen MR) is 122 cm³/mol. The van der Waals surface area contributed by atoms with Crippen molar-refractivity contribution in [2.45, 2.75) is 56.3 Å². The Morgan fingerprint density at radius 1 is 1.03 bits per heavy atom. The van der Waals surface area contributed by atoms with Crippen molar-refractivity contribution in [2.75, 3.05) is 18.8 Å². The van der Waals surface area contributed by atoms with Crippen LogP contribution in [0.25, 0.3) is 0 Å². The quantitative estimate of drug-likeness (QED) is 0.0502. The first kappa shape index (κ1) is 28.0. The maximum absolute atomic E-state index is 12.9. The van der Waals surface area contributed by atoms with E-state index in [1.54, 1.807) is 0 Å². The molecule has 0 saturated carbocycles. The van der Waals surface area contributed by atoms with E-state index in [4.69, 9.17) is 22.3 Å².